The minimum atomic E-state index is -0.00931. The number of halogens is 1. The van der Waals surface area contributed by atoms with Crippen LogP contribution in [-0.4, -0.2) is 5.78 Å². The van der Waals surface area contributed by atoms with Crippen molar-refractivity contribution in [3.63, 3.8) is 0 Å². The number of hydrogen-bond donors (Lipinski definition) is 0. The van der Waals surface area contributed by atoms with Crippen LogP contribution in [0.5, 0.6) is 0 Å². The van der Waals surface area contributed by atoms with Crippen LogP contribution in [0.25, 0.3) is 0 Å². The summed E-state index contributed by atoms with van der Waals surface area (Å²) in [5.41, 5.74) is 1.36. The first-order valence-electron chi connectivity index (χ1n) is 6.15. The molecule has 94 valence electrons. The zero-order chi connectivity index (χ0) is 12.5. The average molecular weight is 325 g/mol. The molecule has 1 aliphatic carbocycles. The monoisotopic (exact) mass is 324 g/mol. The minimum absolute atomic E-state index is 0.00931. The fourth-order valence-electron chi connectivity index (χ4n) is 2.35. The van der Waals surface area contributed by atoms with Gasteiger partial charge in [-0.2, -0.15) is 0 Å². The van der Waals surface area contributed by atoms with Gasteiger partial charge >= 0.3 is 0 Å². The molecule has 2 nitrogen and oxygen atoms in total. The zero-order valence-corrected chi connectivity index (χ0v) is 12.3. The van der Waals surface area contributed by atoms with Crippen molar-refractivity contribution < 1.29 is 9.21 Å². The van der Waals surface area contributed by atoms with Gasteiger partial charge in [-0.05, 0) is 59.3 Å². The quantitative estimate of drug-likeness (QED) is 0.596. The van der Waals surface area contributed by atoms with Crippen molar-refractivity contribution in [1.82, 2.24) is 0 Å². The maximum absolute atomic E-state index is 12.3. The van der Waals surface area contributed by atoms with Crippen LogP contribution in [0.1, 0.15) is 45.1 Å². The van der Waals surface area contributed by atoms with E-state index >= 15 is 0 Å². The summed E-state index contributed by atoms with van der Waals surface area (Å²) in [6, 6.07) is 3.81. The van der Waals surface area contributed by atoms with E-state index in [-0.39, 0.29) is 5.78 Å². The molecule has 0 aromatic carbocycles. The molecule has 2 aromatic heterocycles. The van der Waals surface area contributed by atoms with Gasteiger partial charge in [-0.3, -0.25) is 4.79 Å². The van der Waals surface area contributed by atoms with Crippen molar-refractivity contribution in [1.29, 1.82) is 0 Å². The third kappa shape index (κ3) is 2.19. The van der Waals surface area contributed by atoms with Crippen LogP contribution in [0.3, 0.4) is 0 Å². The molecule has 18 heavy (non-hydrogen) atoms. The Bertz CT molecular complexity index is 559. The van der Waals surface area contributed by atoms with E-state index in [0.29, 0.717) is 5.76 Å². The molecule has 0 saturated carbocycles. The third-order valence-electron chi connectivity index (χ3n) is 3.29. The highest BCUT2D eigenvalue weighted by Gasteiger charge is 2.21. The second-order valence-corrected chi connectivity index (χ2v) is 6.54. The Morgan fingerprint density at radius 3 is 2.89 bits per heavy atom. The topological polar surface area (TPSA) is 30.2 Å². The molecule has 1 aliphatic rings. The standard InChI is InChI=1S/C14H13BrO2S/c15-10-6-7-17-14(10)13(16)12-8-9-4-2-1-3-5-11(9)18-12/h6-8H,1-5H2. The van der Waals surface area contributed by atoms with Crippen LogP contribution >= 0.6 is 27.3 Å². The molecular weight excluding hydrogens is 312 g/mol. The molecule has 0 amide bonds. The van der Waals surface area contributed by atoms with E-state index in [1.165, 1.54) is 36.0 Å². The highest BCUT2D eigenvalue weighted by molar-refractivity contribution is 9.10. The van der Waals surface area contributed by atoms with E-state index < -0.39 is 0 Å². The predicted octanol–water partition coefficient (Wildman–Crippen LogP) is 4.60. The van der Waals surface area contributed by atoms with Crippen molar-refractivity contribution in [3.05, 3.63) is 43.9 Å². The van der Waals surface area contributed by atoms with Gasteiger partial charge in [0.25, 0.3) is 0 Å². The zero-order valence-electron chi connectivity index (χ0n) is 9.87. The first-order valence-corrected chi connectivity index (χ1v) is 7.76. The molecule has 2 heterocycles. The molecule has 0 unspecified atom stereocenters. The van der Waals surface area contributed by atoms with Gasteiger partial charge in [-0.25, -0.2) is 0 Å². The second kappa shape index (κ2) is 5.02. The molecule has 0 aliphatic heterocycles. The maximum atomic E-state index is 12.3. The summed E-state index contributed by atoms with van der Waals surface area (Å²) in [6.07, 6.45) is 7.54. The number of fused-ring (bicyclic) bond motifs is 1. The van der Waals surface area contributed by atoms with Gasteiger partial charge < -0.3 is 4.42 Å². The number of aryl methyl sites for hydroxylation is 2. The molecule has 0 N–H and O–H groups in total. The normalized spacial score (nSPS) is 15.2. The summed E-state index contributed by atoms with van der Waals surface area (Å²) in [7, 11) is 0. The molecular formula is C14H13BrO2S. The Kier molecular flexibility index (Phi) is 3.39. The van der Waals surface area contributed by atoms with Gasteiger partial charge in [0.2, 0.25) is 5.78 Å². The summed E-state index contributed by atoms with van der Waals surface area (Å²) < 4.78 is 5.98. The highest BCUT2D eigenvalue weighted by Crippen LogP contribution is 2.31. The molecule has 0 saturated heterocycles. The van der Waals surface area contributed by atoms with Crippen molar-refractivity contribution in [3.8, 4) is 0 Å². The summed E-state index contributed by atoms with van der Waals surface area (Å²) in [5, 5.41) is 0. The van der Waals surface area contributed by atoms with Crippen LogP contribution in [0.4, 0.5) is 0 Å². The molecule has 2 aromatic rings. The van der Waals surface area contributed by atoms with Crippen LogP contribution in [0.15, 0.2) is 27.3 Å². The number of carbonyl (C=O) groups is 1. The van der Waals surface area contributed by atoms with Crippen molar-refractivity contribution >= 4 is 33.0 Å². The Hall–Kier alpha value is -0.870. The number of thiophene rings is 1. The number of rotatable bonds is 2. The van der Waals surface area contributed by atoms with Gasteiger partial charge in [0.05, 0.1) is 15.6 Å². The molecule has 0 bridgehead atoms. The lowest BCUT2D eigenvalue weighted by atomic mass is 10.1. The SMILES string of the molecule is O=C(c1cc2c(s1)CCCCC2)c1occc1Br. The third-order valence-corrected chi connectivity index (χ3v) is 5.15. The van der Waals surface area contributed by atoms with Crippen molar-refractivity contribution in [2.45, 2.75) is 32.1 Å². The van der Waals surface area contributed by atoms with Gasteiger partial charge in [0, 0.05) is 4.88 Å². The van der Waals surface area contributed by atoms with Crippen LogP contribution in [0.2, 0.25) is 0 Å². The second-order valence-electron chi connectivity index (χ2n) is 4.55. The van der Waals surface area contributed by atoms with E-state index in [4.69, 9.17) is 4.42 Å². The predicted molar refractivity (Wildman–Crippen MR) is 75.4 cm³/mol. The Morgan fingerprint density at radius 2 is 2.11 bits per heavy atom. The van der Waals surface area contributed by atoms with E-state index in [0.717, 1.165) is 22.2 Å². The smallest absolute Gasteiger partial charge is 0.239 e. The fourth-order valence-corrected chi connectivity index (χ4v) is 3.92. The number of furan rings is 1. The summed E-state index contributed by atoms with van der Waals surface area (Å²) >= 11 is 4.97. The lowest BCUT2D eigenvalue weighted by Gasteiger charge is -1.94. The summed E-state index contributed by atoms with van der Waals surface area (Å²) in [6.45, 7) is 0. The largest absolute Gasteiger partial charge is 0.460 e. The average Bonchev–Trinajstić information content (AvgIpc) is 2.90. The van der Waals surface area contributed by atoms with E-state index in [2.05, 4.69) is 22.0 Å². The van der Waals surface area contributed by atoms with Crippen molar-refractivity contribution in [2.24, 2.45) is 0 Å². The molecule has 0 atom stereocenters. The van der Waals surface area contributed by atoms with Crippen LogP contribution < -0.4 is 0 Å². The highest BCUT2D eigenvalue weighted by atomic mass is 79.9. The number of hydrogen-bond acceptors (Lipinski definition) is 3. The van der Waals surface area contributed by atoms with Gasteiger partial charge in [0.15, 0.2) is 5.76 Å². The van der Waals surface area contributed by atoms with Crippen LogP contribution in [0, 0.1) is 0 Å². The summed E-state index contributed by atoms with van der Waals surface area (Å²) in [4.78, 5) is 14.5. The molecule has 4 heteroatoms. The van der Waals surface area contributed by atoms with E-state index in [1.807, 2.05) is 0 Å². The maximum Gasteiger partial charge on any atom is 0.239 e. The summed E-state index contributed by atoms with van der Waals surface area (Å²) in [5.74, 6) is 0.399. The van der Waals surface area contributed by atoms with E-state index in [1.54, 1.807) is 17.4 Å². The number of ketones is 1. The van der Waals surface area contributed by atoms with Gasteiger partial charge in [-0.1, -0.05) is 6.42 Å². The van der Waals surface area contributed by atoms with Gasteiger partial charge in [-0.15, -0.1) is 11.3 Å². The molecule has 0 fully saturated rings. The Balaban J connectivity index is 1.94. The lowest BCUT2D eigenvalue weighted by molar-refractivity contribution is 0.101. The van der Waals surface area contributed by atoms with Crippen LogP contribution in [-0.2, 0) is 12.8 Å². The minimum Gasteiger partial charge on any atom is -0.460 e. The molecule has 0 radical (unpaired) electrons. The first kappa shape index (κ1) is 12.2. The Labute approximate surface area is 118 Å². The molecule has 0 spiro atoms. The molecule has 3 rings (SSSR count). The van der Waals surface area contributed by atoms with Gasteiger partial charge in [0.1, 0.15) is 0 Å². The lowest BCUT2D eigenvalue weighted by Crippen LogP contribution is -1.97. The Morgan fingerprint density at radius 1 is 1.28 bits per heavy atom. The first-order chi connectivity index (χ1) is 8.75. The van der Waals surface area contributed by atoms with Crippen molar-refractivity contribution in [2.75, 3.05) is 0 Å². The van der Waals surface area contributed by atoms with E-state index in [9.17, 15) is 4.79 Å². The fraction of sp³-hybridized carbons (Fsp3) is 0.357. The number of carbonyl (C=O) groups excluding carboxylic acids is 1.